The standard InChI is InChI=1S/C17H20FN5O3/c1-17(2,3)26-16(25)22-6-7-23-12(10-22)8-14(21-23)20-15(24)11-4-5-13(18)19-9-11/h4-5,8-9H,6-7,10H2,1-3H3,(H,20,21,24). The molecule has 2 amide bonds. The van der Waals surface area contributed by atoms with E-state index in [1.165, 1.54) is 6.07 Å². The predicted octanol–water partition coefficient (Wildman–Crippen LogP) is 2.42. The second kappa shape index (κ2) is 6.74. The summed E-state index contributed by atoms with van der Waals surface area (Å²) in [5.74, 6) is -0.724. The molecular formula is C17H20FN5O3. The molecule has 0 aromatic carbocycles. The van der Waals surface area contributed by atoms with Gasteiger partial charge in [0, 0.05) is 18.8 Å². The van der Waals surface area contributed by atoms with Crippen LogP contribution in [0.5, 0.6) is 0 Å². The predicted molar refractivity (Wildman–Crippen MR) is 91.0 cm³/mol. The summed E-state index contributed by atoms with van der Waals surface area (Å²) in [7, 11) is 0. The Balaban J connectivity index is 1.66. The number of aromatic nitrogens is 3. The number of fused-ring (bicyclic) bond motifs is 1. The second-order valence-electron chi connectivity index (χ2n) is 6.97. The van der Waals surface area contributed by atoms with Crippen molar-refractivity contribution >= 4 is 17.8 Å². The number of nitrogens with zero attached hydrogens (tertiary/aromatic N) is 4. The molecule has 0 saturated carbocycles. The van der Waals surface area contributed by atoms with Gasteiger partial charge in [0.05, 0.1) is 24.3 Å². The lowest BCUT2D eigenvalue weighted by atomic mass is 10.2. The Morgan fingerprint density at radius 2 is 2.04 bits per heavy atom. The number of hydrogen-bond acceptors (Lipinski definition) is 5. The van der Waals surface area contributed by atoms with Gasteiger partial charge in [-0.15, -0.1) is 0 Å². The smallest absolute Gasteiger partial charge is 0.410 e. The van der Waals surface area contributed by atoms with E-state index in [0.717, 1.165) is 18.0 Å². The van der Waals surface area contributed by atoms with Crippen molar-refractivity contribution in [1.29, 1.82) is 0 Å². The summed E-state index contributed by atoms with van der Waals surface area (Å²) in [6.45, 7) is 6.77. The molecule has 9 heteroatoms. The van der Waals surface area contributed by atoms with Crippen LogP contribution in [0.25, 0.3) is 0 Å². The third-order valence-corrected chi connectivity index (χ3v) is 3.68. The normalized spacial score (nSPS) is 13.9. The van der Waals surface area contributed by atoms with Gasteiger partial charge in [-0.1, -0.05) is 0 Å². The summed E-state index contributed by atoms with van der Waals surface area (Å²) in [5.41, 5.74) is 0.458. The van der Waals surface area contributed by atoms with Crippen molar-refractivity contribution in [3.8, 4) is 0 Å². The van der Waals surface area contributed by atoms with Crippen LogP contribution in [0.2, 0.25) is 0 Å². The van der Waals surface area contributed by atoms with Crippen LogP contribution >= 0.6 is 0 Å². The lowest BCUT2D eigenvalue weighted by molar-refractivity contribution is 0.0194. The number of carbonyl (C=O) groups is 2. The molecule has 138 valence electrons. The third kappa shape index (κ3) is 4.16. The SMILES string of the molecule is CC(C)(C)OC(=O)N1CCn2nc(NC(=O)c3ccc(F)nc3)cc2C1. The summed E-state index contributed by atoms with van der Waals surface area (Å²) in [6, 6.07) is 4.16. The third-order valence-electron chi connectivity index (χ3n) is 3.68. The summed E-state index contributed by atoms with van der Waals surface area (Å²) >= 11 is 0. The molecule has 0 radical (unpaired) electrons. The lowest BCUT2D eigenvalue weighted by Gasteiger charge is -2.30. The fourth-order valence-electron chi connectivity index (χ4n) is 2.51. The Bertz CT molecular complexity index is 826. The van der Waals surface area contributed by atoms with Gasteiger partial charge in [-0.25, -0.2) is 9.78 Å². The number of nitrogens with one attached hydrogen (secondary N) is 1. The zero-order valence-electron chi connectivity index (χ0n) is 14.8. The van der Waals surface area contributed by atoms with E-state index in [2.05, 4.69) is 15.4 Å². The van der Waals surface area contributed by atoms with Crippen LogP contribution in [0, 0.1) is 5.95 Å². The molecule has 3 heterocycles. The number of anilines is 1. The average molecular weight is 361 g/mol. The summed E-state index contributed by atoms with van der Waals surface area (Å²) in [5, 5.41) is 6.96. The van der Waals surface area contributed by atoms with E-state index in [0.29, 0.717) is 25.5 Å². The van der Waals surface area contributed by atoms with E-state index in [4.69, 9.17) is 4.74 Å². The van der Waals surface area contributed by atoms with Crippen LogP contribution in [-0.4, -0.2) is 43.8 Å². The Morgan fingerprint density at radius 1 is 1.27 bits per heavy atom. The number of amides is 2. The van der Waals surface area contributed by atoms with E-state index in [1.807, 2.05) is 20.8 Å². The minimum absolute atomic E-state index is 0.229. The van der Waals surface area contributed by atoms with Gasteiger partial charge in [0.2, 0.25) is 5.95 Å². The van der Waals surface area contributed by atoms with Crippen molar-refractivity contribution < 1.29 is 18.7 Å². The molecule has 0 bridgehead atoms. The Labute approximate surface area is 150 Å². The first kappa shape index (κ1) is 17.8. The highest BCUT2D eigenvalue weighted by molar-refractivity contribution is 6.03. The van der Waals surface area contributed by atoms with Gasteiger partial charge in [-0.2, -0.15) is 9.49 Å². The van der Waals surface area contributed by atoms with Gasteiger partial charge in [-0.3, -0.25) is 9.48 Å². The monoisotopic (exact) mass is 361 g/mol. The van der Waals surface area contributed by atoms with Gasteiger partial charge < -0.3 is 15.0 Å². The zero-order valence-corrected chi connectivity index (χ0v) is 14.8. The van der Waals surface area contributed by atoms with Crippen molar-refractivity contribution in [3.63, 3.8) is 0 Å². The van der Waals surface area contributed by atoms with Crippen molar-refractivity contribution in [2.75, 3.05) is 11.9 Å². The van der Waals surface area contributed by atoms with Gasteiger partial charge in [-0.05, 0) is 32.9 Å². The van der Waals surface area contributed by atoms with E-state index in [-0.39, 0.29) is 11.7 Å². The molecule has 0 unspecified atom stereocenters. The number of hydrogen-bond donors (Lipinski definition) is 1. The molecular weight excluding hydrogens is 341 g/mol. The summed E-state index contributed by atoms with van der Waals surface area (Å²) in [6.07, 6.45) is 0.776. The molecule has 0 fully saturated rings. The fraction of sp³-hybridized carbons (Fsp3) is 0.412. The van der Waals surface area contributed by atoms with Crippen LogP contribution in [0.3, 0.4) is 0 Å². The lowest BCUT2D eigenvalue weighted by Crippen LogP contribution is -2.41. The number of halogens is 1. The summed E-state index contributed by atoms with van der Waals surface area (Å²) < 4.78 is 20.0. The van der Waals surface area contributed by atoms with Crippen molar-refractivity contribution in [3.05, 3.63) is 41.6 Å². The second-order valence-corrected chi connectivity index (χ2v) is 6.97. The highest BCUT2D eigenvalue weighted by atomic mass is 19.1. The fourth-order valence-corrected chi connectivity index (χ4v) is 2.51. The Morgan fingerprint density at radius 3 is 2.69 bits per heavy atom. The molecule has 0 saturated heterocycles. The van der Waals surface area contributed by atoms with Crippen LogP contribution in [0.1, 0.15) is 36.8 Å². The molecule has 1 N–H and O–H groups in total. The highest BCUT2D eigenvalue weighted by Gasteiger charge is 2.27. The van der Waals surface area contributed by atoms with E-state index in [9.17, 15) is 14.0 Å². The van der Waals surface area contributed by atoms with Crippen LogP contribution in [-0.2, 0) is 17.8 Å². The number of ether oxygens (including phenoxy) is 1. The van der Waals surface area contributed by atoms with Crippen molar-refractivity contribution in [2.45, 2.75) is 39.5 Å². The molecule has 1 aliphatic rings. The van der Waals surface area contributed by atoms with Crippen molar-refractivity contribution in [2.24, 2.45) is 0 Å². The first-order valence-electron chi connectivity index (χ1n) is 8.19. The minimum atomic E-state index is -0.652. The minimum Gasteiger partial charge on any atom is -0.444 e. The topological polar surface area (TPSA) is 89.4 Å². The van der Waals surface area contributed by atoms with E-state index in [1.54, 1.807) is 15.6 Å². The van der Waals surface area contributed by atoms with Gasteiger partial charge in [0.15, 0.2) is 5.82 Å². The van der Waals surface area contributed by atoms with Crippen LogP contribution in [0.4, 0.5) is 15.0 Å². The molecule has 2 aromatic heterocycles. The maximum atomic E-state index is 12.8. The molecule has 26 heavy (non-hydrogen) atoms. The highest BCUT2D eigenvalue weighted by Crippen LogP contribution is 2.19. The molecule has 3 rings (SSSR count). The number of pyridine rings is 1. The van der Waals surface area contributed by atoms with Crippen molar-refractivity contribution in [1.82, 2.24) is 19.7 Å². The molecule has 2 aromatic rings. The molecule has 0 spiro atoms. The van der Waals surface area contributed by atoms with E-state index < -0.39 is 17.5 Å². The first-order chi connectivity index (χ1) is 12.2. The quantitative estimate of drug-likeness (QED) is 0.830. The average Bonchev–Trinajstić information content (AvgIpc) is 2.95. The molecule has 1 aliphatic heterocycles. The van der Waals surface area contributed by atoms with Gasteiger partial charge >= 0.3 is 6.09 Å². The summed E-state index contributed by atoms with van der Waals surface area (Å²) in [4.78, 5) is 29.4. The number of rotatable bonds is 2. The molecule has 8 nitrogen and oxygen atoms in total. The van der Waals surface area contributed by atoms with Crippen LogP contribution < -0.4 is 5.32 Å². The van der Waals surface area contributed by atoms with Gasteiger partial charge in [0.25, 0.3) is 5.91 Å². The molecule has 0 atom stereocenters. The largest absolute Gasteiger partial charge is 0.444 e. The number of carbonyl (C=O) groups excluding carboxylic acids is 2. The van der Waals surface area contributed by atoms with Crippen LogP contribution in [0.15, 0.2) is 24.4 Å². The maximum absolute atomic E-state index is 12.8. The molecule has 0 aliphatic carbocycles. The first-order valence-corrected chi connectivity index (χ1v) is 8.19. The Kier molecular flexibility index (Phi) is 4.62. The maximum Gasteiger partial charge on any atom is 0.410 e. The zero-order chi connectivity index (χ0) is 18.9. The Hall–Kier alpha value is -2.97. The van der Waals surface area contributed by atoms with Gasteiger partial charge in [0.1, 0.15) is 5.60 Å². The van der Waals surface area contributed by atoms with E-state index >= 15 is 0 Å².